The van der Waals surface area contributed by atoms with Crippen LogP contribution in [-0.4, -0.2) is 17.2 Å². The predicted molar refractivity (Wildman–Crippen MR) is 81.9 cm³/mol. The SMILES string of the molecule is CCCc1cc(OC2CCCC(CC)C2)c(C(=O)O)s1. The highest BCUT2D eigenvalue weighted by molar-refractivity contribution is 7.14. The van der Waals surface area contributed by atoms with Gasteiger partial charge in [0.05, 0.1) is 6.10 Å². The van der Waals surface area contributed by atoms with E-state index in [1.165, 1.54) is 30.6 Å². The van der Waals surface area contributed by atoms with E-state index in [9.17, 15) is 9.90 Å². The van der Waals surface area contributed by atoms with Gasteiger partial charge in [0.2, 0.25) is 0 Å². The lowest BCUT2D eigenvalue weighted by molar-refractivity contribution is 0.0689. The average molecular weight is 296 g/mol. The topological polar surface area (TPSA) is 46.5 Å². The summed E-state index contributed by atoms with van der Waals surface area (Å²) in [7, 11) is 0. The van der Waals surface area contributed by atoms with Crippen molar-refractivity contribution in [1.82, 2.24) is 0 Å². The first-order chi connectivity index (χ1) is 9.63. The van der Waals surface area contributed by atoms with Gasteiger partial charge in [-0.25, -0.2) is 4.79 Å². The second-order valence-corrected chi connectivity index (χ2v) is 6.78. The molecule has 1 aromatic heterocycles. The van der Waals surface area contributed by atoms with E-state index in [1.807, 2.05) is 6.07 Å². The van der Waals surface area contributed by atoms with E-state index >= 15 is 0 Å². The summed E-state index contributed by atoms with van der Waals surface area (Å²) >= 11 is 1.36. The van der Waals surface area contributed by atoms with E-state index < -0.39 is 5.97 Å². The second kappa shape index (κ2) is 7.11. The molecule has 1 heterocycles. The molecule has 1 aliphatic rings. The standard InChI is InChI=1S/C16H24O3S/c1-3-6-13-10-14(15(20-13)16(17)18)19-12-8-5-7-11(4-2)9-12/h10-12H,3-9H2,1-2H3,(H,17,18). The van der Waals surface area contributed by atoms with E-state index in [-0.39, 0.29) is 6.10 Å². The summed E-state index contributed by atoms with van der Waals surface area (Å²) < 4.78 is 6.04. The van der Waals surface area contributed by atoms with Crippen molar-refractivity contribution in [3.8, 4) is 5.75 Å². The fourth-order valence-electron chi connectivity index (χ4n) is 2.93. The van der Waals surface area contributed by atoms with E-state index in [4.69, 9.17) is 4.74 Å². The molecule has 2 atom stereocenters. The molecule has 1 aliphatic carbocycles. The van der Waals surface area contributed by atoms with Crippen LogP contribution in [-0.2, 0) is 6.42 Å². The monoisotopic (exact) mass is 296 g/mol. The third-order valence-electron chi connectivity index (χ3n) is 4.05. The van der Waals surface area contributed by atoms with Crippen molar-refractivity contribution in [1.29, 1.82) is 0 Å². The first-order valence-corrected chi connectivity index (χ1v) is 8.48. The number of carboxylic acid groups (broad SMARTS) is 1. The lowest BCUT2D eigenvalue weighted by atomic mass is 9.85. The minimum Gasteiger partial charge on any atom is -0.489 e. The fourth-order valence-corrected chi connectivity index (χ4v) is 3.96. The van der Waals surface area contributed by atoms with Gasteiger partial charge >= 0.3 is 5.97 Å². The highest BCUT2D eigenvalue weighted by Crippen LogP contribution is 2.35. The highest BCUT2D eigenvalue weighted by atomic mass is 32.1. The van der Waals surface area contributed by atoms with Gasteiger partial charge in [0.1, 0.15) is 5.75 Å². The van der Waals surface area contributed by atoms with Crippen molar-refractivity contribution in [2.24, 2.45) is 5.92 Å². The van der Waals surface area contributed by atoms with Crippen LogP contribution in [0.25, 0.3) is 0 Å². The maximum absolute atomic E-state index is 11.3. The number of carbonyl (C=O) groups is 1. The highest BCUT2D eigenvalue weighted by Gasteiger charge is 2.25. The molecule has 112 valence electrons. The minimum atomic E-state index is -0.866. The Morgan fingerprint density at radius 2 is 2.25 bits per heavy atom. The van der Waals surface area contributed by atoms with Gasteiger partial charge in [0.25, 0.3) is 0 Å². The van der Waals surface area contributed by atoms with Crippen LogP contribution in [0.4, 0.5) is 0 Å². The van der Waals surface area contributed by atoms with Gasteiger partial charge in [-0.1, -0.05) is 33.1 Å². The van der Waals surface area contributed by atoms with E-state index in [2.05, 4.69) is 13.8 Å². The number of hydrogen-bond donors (Lipinski definition) is 1. The summed E-state index contributed by atoms with van der Waals surface area (Å²) in [6.07, 6.45) is 7.93. The molecule has 0 spiro atoms. The van der Waals surface area contributed by atoms with Crippen LogP contribution in [0.2, 0.25) is 0 Å². The Bertz CT molecular complexity index is 453. The summed E-state index contributed by atoms with van der Waals surface area (Å²) in [4.78, 5) is 12.8. The van der Waals surface area contributed by atoms with Crippen molar-refractivity contribution < 1.29 is 14.6 Å². The number of aromatic carboxylic acids is 1. The third-order valence-corrected chi connectivity index (χ3v) is 5.21. The van der Waals surface area contributed by atoms with Crippen LogP contribution in [0.5, 0.6) is 5.75 Å². The van der Waals surface area contributed by atoms with Crippen molar-refractivity contribution in [2.75, 3.05) is 0 Å². The smallest absolute Gasteiger partial charge is 0.349 e. The van der Waals surface area contributed by atoms with Crippen molar-refractivity contribution in [3.05, 3.63) is 15.8 Å². The summed E-state index contributed by atoms with van der Waals surface area (Å²) in [5.41, 5.74) is 0. The average Bonchev–Trinajstić information content (AvgIpc) is 2.82. The Hall–Kier alpha value is -1.03. The van der Waals surface area contributed by atoms with Gasteiger partial charge in [0, 0.05) is 4.88 Å². The molecule has 1 saturated carbocycles. The zero-order chi connectivity index (χ0) is 14.5. The predicted octanol–water partition coefficient (Wildman–Crippen LogP) is 4.75. The molecule has 2 rings (SSSR count). The molecule has 0 radical (unpaired) electrons. The molecule has 3 nitrogen and oxygen atoms in total. The molecular weight excluding hydrogens is 272 g/mol. The molecule has 4 heteroatoms. The van der Waals surface area contributed by atoms with Crippen LogP contribution in [0, 0.1) is 5.92 Å². The second-order valence-electron chi connectivity index (χ2n) is 5.64. The zero-order valence-corrected chi connectivity index (χ0v) is 13.2. The quantitative estimate of drug-likeness (QED) is 0.824. The number of hydrogen-bond acceptors (Lipinski definition) is 3. The molecule has 1 N–H and O–H groups in total. The van der Waals surface area contributed by atoms with Crippen molar-refractivity contribution in [2.45, 2.75) is 64.9 Å². The van der Waals surface area contributed by atoms with Gasteiger partial charge in [0.15, 0.2) is 4.88 Å². The minimum absolute atomic E-state index is 0.191. The number of ether oxygens (including phenoxy) is 1. The summed E-state index contributed by atoms with van der Waals surface area (Å²) in [5.74, 6) is 0.457. The van der Waals surface area contributed by atoms with Crippen LogP contribution in [0.1, 0.15) is 66.9 Å². The van der Waals surface area contributed by atoms with Gasteiger partial charge in [-0.2, -0.15) is 0 Å². The first-order valence-electron chi connectivity index (χ1n) is 7.66. The number of aryl methyl sites for hydroxylation is 1. The molecule has 20 heavy (non-hydrogen) atoms. The Balaban J connectivity index is 2.09. The summed E-state index contributed by atoms with van der Waals surface area (Å²) in [6, 6.07) is 1.94. The Kier molecular flexibility index (Phi) is 5.46. The van der Waals surface area contributed by atoms with E-state index in [1.54, 1.807) is 0 Å². The molecule has 0 saturated heterocycles. The van der Waals surface area contributed by atoms with E-state index in [0.717, 1.165) is 36.5 Å². The zero-order valence-electron chi connectivity index (χ0n) is 12.4. The number of carboxylic acids is 1. The maximum Gasteiger partial charge on any atom is 0.349 e. The van der Waals surface area contributed by atoms with Crippen LogP contribution in [0.15, 0.2) is 6.07 Å². The Labute approximate surface area is 125 Å². The molecule has 0 aromatic carbocycles. The van der Waals surface area contributed by atoms with Gasteiger partial charge < -0.3 is 9.84 Å². The van der Waals surface area contributed by atoms with Gasteiger partial charge in [-0.3, -0.25) is 0 Å². The van der Waals surface area contributed by atoms with Crippen molar-refractivity contribution >= 4 is 17.3 Å². The number of thiophene rings is 1. The lowest BCUT2D eigenvalue weighted by Gasteiger charge is -2.28. The molecular formula is C16H24O3S. The van der Waals surface area contributed by atoms with Crippen LogP contribution < -0.4 is 4.74 Å². The maximum atomic E-state index is 11.3. The summed E-state index contributed by atoms with van der Waals surface area (Å²) in [5, 5.41) is 9.31. The molecule has 0 amide bonds. The first kappa shape index (κ1) is 15.4. The Morgan fingerprint density at radius 3 is 2.90 bits per heavy atom. The third kappa shape index (κ3) is 3.75. The van der Waals surface area contributed by atoms with Crippen LogP contribution >= 0.6 is 11.3 Å². The lowest BCUT2D eigenvalue weighted by Crippen LogP contribution is -2.25. The summed E-state index contributed by atoms with van der Waals surface area (Å²) in [6.45, 7) is 4.33. The number of rotatable bonds is 6. The molecule has 2 unspecified atom stereocenters. The van der Waals surface area contributed by atoms with Crippen LogP contribution in [0.3, 0.4) is 0 Å². The van der Waals surface area contributed by atoms with Gasteiger partial charge in [-0.15, -0.1) is 11.3 Å². The molecule has 0 aliphatic heterocycles. The van der Waals surface area contributed by atoms with Crippen molar-refractivity contribution in [3.63, 3.8) is 0 Å². The fraction of sp³-hybridized carbons (Fsp3) is 0.688. The Morgan fingerprint density at radius 1 is 1.45 bits per heavy atom. The molecule has 1 fully saturated rings. The molecule has 1 aromatic rings. The molecule has 0 bridgehead atoms. The normalized spacial score (nSPS) is 22.7. The van der Waals surface area contributed by atoms with Gasteiger partial charge in [-0.05, 0) is 37.7 Å². The largest absolute Gasteiger partial charge is 0.489 e. The van der Waals surface area contributed by atoms with E-state index in [0.29, 0.717) is 10.6 Å².